The van der Waals surface area contributed by atoms with Crippen LogP contribution in [0.4, 0.5) is 0 Å². The Morgan fingerprint density at radius 1 is 1.07 bits per heavy atom. The van der Waals surface area contributed by atoms with Crippen molar-refractivity contribution in [2.75, 3.05) is 19.6 Å². The number of hydrogen-bond acceptors (Lipinski definition) is 2. The van der Waals surface area contributed by atoms with Gasteiger partial charge in [0.2, 0.25) is 5.91 Å². The number of piperidine rings is 1. The molecule has 1 N–H and O–H groups in total. The zero-order chi connectivity index (χ0) is 19.1. The first kappa shape index (κ1) is 19.6. The highest BCUT2D eigenvalue weighted by Crippen LogP contribution is 2.30. The maximum absolute atomic E-state index is 12.9. The van der Waals surface area contributed by atoms with E-state index in [9.17, 15) is 4.79 Å². The van der Waals surface area contributed by atoms with E-state index >= 15 is 0 Å². The minimum atomic E-state index is 0.104. The van der Waals surface area contributed by atoms with Gasteiger partial charge in [-0.25, -0.2) is 0 Å². The van der Waals surface area contributed by atoms with Gasteiger partial charge in [0.05, 0.1) is 0 Å². The first-order valence-corrected chi connectivity index (χ1v) is 10.3. The van der Waals surface area contributed by atoms with Gasteiger partial charge in [-0.15, -0.1) is 0 Å². The van der Waals surface area contributed by atoms with Crippen molar-refractivity contribution in [1.29, 1.82) is 0 Å². The lowest BCUT2D eigenvalue weighted by Crippen LogP contribution is -2.45. The van der Waals surface area contributed by atoms with Crippen molar-refractivity contribution in [3.8, 4) is 0 Å². The molecule has 1 aliphatic rings. The molecule has 1 heterocycles. The molecule has 2 aromatic rings. The SMILES string of the molecule is CCCN1CCC(NC(=O)C[C@H](c2ccccc2)c2ccccc2C)CC1. The fraction of sp³-hybridized carbons (Fsp3) is 0.458. The summed E-state index contributed by atoms with van der Waals surface area (Å²) >= 11 is 0. The number of benzene rings is 2. The van der Waals surface area contributed by atoms with Crippen LogP contribution in [0.1, 0.15) is 55.2 Å². The van der Waals surface area contributed by atoms with Crippen molar-refractivity contribution in [3.05, 3.63) is 71.3 Å². The topological polar surface area (TPSA) is 32.3 Å². The second kappa shape index (κ2) is 9.70. The summed E-state index contributed by atoms with van der Waals surface area (Å²) in [5, 5.41) is 3.31. The van der Waals surface area contributed by atoms with E-state index < -0.39 is 0 Å². The van der Waals surface area contributed by atoms with Crippen LogP contribution in [0.3, 0.4) is 0 Å². The molecule has 0 aromatic heterocycles. The van der Waals surface area contributed by atoms with Crippen molar-refractivity contribution < 1.29 is 4.79 Å². The number of amides is 1. The summed E-state index contributed by atoms with van der Waals surface area (Å²) in [6.07, 6.45) is 3.83. The molecule has 1 amide bonds. The van der Waals surface area contributed by atoms with E-state index in [4.69, 9.17) is 0 Å². The van der Waals surface area contributed by atoms with Crippen LogP contribution in [0.2, 0.25) is 0 Å². The number of rotatable bonds is 7. The zero-order valence-corrected chi connectivity index (χ0v) is 16.7. The largest absolute Gasteiger partial charge is 0.353 e. The lowest BCUT2D eigenvalue weighted by atomic mass is 9.85. The molecular weight excluding hydrogens is 332 g/mol. The summed E-state index contributed by atoms with van der Waals surface area (Å²) in [5.74, 6) is 0.272. The molecular formula is C24H32N2O. The predicted octanol–water partition coefficient (Wildman–Crippen LogP) is 4.51. The van der Waals surface area contributed by atoms with Gasteiger partial charge in [-0.05, 0) is 49.4 Å². The monoisotopic (exact) mass is 364 g/mol. The van der Waals surface area contributed by atoms with E-state index in [1.807, 2.05) is 6.07 Å². The van der Waals surface area contributed by atoms with Crippen LogP contribution in [-0.2, 0) is 4.79 Å². The van der Waals surface area contributed by atoms with Gasteiger partial charge < -0.3 is 10.2 Å². The number of aryl methyl sites for hydroxylation is 1. The Kier molecular flexibility index (Phi) is 7.05. The Morgan fingerprint density at radius 3 is 2.41 bits per heavy atom. The molecule has 144 valence electrons. The summed E-state index contributed by atoms with van der Waals surface area (Å²) in [7, 11) is 0. The molecule has 0 aliphatic carbocycles. The summed E-state index contributed by atoms with van der Waals surface area (Å²) in [4.78, 5) is 15.4. The van der Waals surface area contributed by atoms with E-state index in [2.05, 4.69) is 72.6 Å². The average Bonchev–Trinajstić information content (AvgIpc) is 2.69. The van der Waals surface area contributed by atoms with E-state index in [0.717, 1.165) is 25.9 Å². The van der Waals surface area contributed by atoms with Crippen LogP contribution in [0.5, 0.6) is 0 Å². The Morgan fingerprint density at radius 2 is 1.74 bits per heavy atom. The van der Waals surface area contributed by atoms with Crippen molar-refractivity contribution in [3.63, 3.8) is 0 Å². The van der Waals surface area contributed by atoms with Gasteiger partial charge in [0.25, 0.3) is 0 Å². The molecule has 0 bridgehead atoms. The van der Waals surface area contributed by atoms with Gasteiger partial charge in [-0.1, -0.05) is 61.5 Å². The van der Waals surface area contributed by atoms with Gasteiger partial charge in [0, 0.05) is 31.5 Å². The third kappa shape index (κ3) is 5.43. The van der Waals surface area contributed by atoms with Crippen LogP contribution < -0.4 is 5.32 Å². The fourth-order valence-corrected chi connectivity index (χ4v) is 4.16. The highest BCUT2D eigenvalue weighted by Gasteiger charge is 2.23. The molecule has 27 heavy (non-hydrogen) atoms. The van der Waals surface area contributed by atoms with Gasteiger partial charge >= 0.3 is 0 Å². The minimum absolute atomic E-state index is 0.104. The number of hydrogen-bond donors (Lipinski definition) is 1. The van der Waals surface area contributed by atoms with Crippen LogP contribution in [-0.4, -0.2) is 36.5 Å². The lowest BCUT2D eigenvalue weighted by molar-refractivity contribution is -0.122. The third-order valence-corrected chi connectivity index (χ3v) is 5.65. The Bertz CT molecular complexity index is 720. The highest BCUT2D eigenvalue weighted by molar-refractivity contribution is 5.78. The molecule has 3 rings (SSSR count). The smallest absolute Gasteiger partial charge is 0.221 e. The Balaban J connectivity index is 1.66. The second-order valence-electron chi connectivity index (χ2n) is 7.71. The van der Waals surface area contributed by atoms with Crippen molar-refractivity contribution in [2.45, 2.75) is 51.5 Å². The number of nitrogens with zero attached hydrogens (tertiary/aromatic N) is 1. The average molecular weight is 365 g/mol. The number of likely N-dealkylation sites (tertiary alicyclic amines) is 1. The summed E-state index contributed by atoms with van der Waals surface area (Å²) in [6, 6.07) is 19.1. The third-order valence-electron chi connectivity index (χ3n) is 5.65. The highest BCUT2D eigenvalue weighted by atomic mass is 16.1. The van der Waals surface area contributed by atoms with E-state index in [-0.39, 0.29) is 11.8 Å². The number of nitrogens with one attached hydrogen (secondary N) is 1. The van der Waals surface area contributed by atoms with Crippen molar-refractivity contribution >= 4 is 5.91 Å². The maximum atomic E-state index is 12.9. The van der Waals surface area contributed by atoms with E-state index in [0.29, 0.717) is 12.5 Å². The van der Waals surface area contributed by atoms with Gasteiger partial charge in [0.1, 0.15) is 0 Å². The summed E-state index contributed by atoms with van der Waals surface area (Å²) in [5.41, 5.74) is 3.70. The Labute approximate surface area is 163 Å². The Hall–Kier alpha value is -2.13. The van der Waals surface area contributed by atoms with Crippen LogP contribution in [0.15, 0.2) is 54.6 Å². The number of carbonyl (C=O) groups is 1. The van der Waals surface area contributed by atoms with Crippen LogP contribution in [0, 0.1) is 6.92 Å². The molecule has 0 saturated carbocycles. The van der Waals surface area contributed by atoms with E-state index in [1.165, 1.54) is 29.7 Å². The van der Waals surface area contributed by atoms with Crippen molar-refractivity contribution in [2.24, 2.45) is 0 Å². The first-order chi connectivity index (χ1) is 13.2. The zero-order valence-electron chi connectivity index (χ0n) is 16.7. The molecule has 0 radical (unpaired) electrons. The molecule has 1 aliphatic heterocycles. The maximum Gasteiger partial charge on any atom is 0.221 e. The number of carbonyl (C=O) groups excluding carboxylic acids is 1. The normalized spacial score (nSPS) is 16.8. The molecule has 0 unspecified atom stereocenters. The second-order valence-corrected chi connectivity index (χ2v) is 7.71. The van der Waals surface area contributed by atoms with Crippen LogP contribution >= 0.6 is 0 Å². The predicted molar refractivity (Wildman–Crippen MR) is 112 cm³/mol. The van der Waals surface area contributed by atoms with E-state index in [1.54, 1.807) is 0 Å². The summed E-state index contributed by atoms with van der Waals surface area (Å²) in [6.45, 7) is 7.72. The molecule has 3 nitrogen and oxygen atoms in total. The molecule has 2 aromatic carbocycles. The fourth-order valence-electron chi connectivity index (χ4n) is 4.16. The van der Waals surface area contributed by atoms with Gasteiger partial charge in [0.15, 0.2) is 0 Å². The quantitative estimate of drug-likeness (QED) is 0.784. The van der Waals surface area contributed by atoms with Crippen LogP contribution in [0.25, 0.3) is 0 Å². The van der Waals surface area contributed by atoms with Gasteiger partial charge in [-0.2, -0.15) is 0 Å². The van der Waals surface area contributed by atoms with Gasteiger partial charge in [-0.3, -0.25) is 4.79 Å². The van der Waals surface area contributed by atoms with Crippen molar-refractivity contribution in [1.82, 2.24) is 10.2 Å². The molecule has 0 spiro atoms. The lowest BCUT2D eigenvalue weighted by Gasteiger charge is -2.32. The summed E-state index contributed by atoms with van der Waals surface area (Å²) < 4.78 is 0. The minimum Gasteiger partial charge on any atom is -0.353 e. The standard InChI is InChI=1S/C24H32N2O/c1-3-15-26-16-13-21(14-17-26)25-24(27)18-23(20-10-5-4-6-11-20)22-12-8-7-9-19(22)2/h4-12,21,23H,3,13-18H2,1-2H3,(H,25,27)/t23-/m1/s1. The first-order valence-electron chi connectivity index (χ1n) is 10.3. The molecule has 1 fully saturated rings. The molecule has 3 heteroatoms. The molecule has 1 atom stereocenters. The molecule has 1 saturated heterocycles.